The van der Waals surface area contributed by atoms with Gasteiger partial charge < -0.3 is 5.73 Å². The second-order valence-electron chi connectivity index (χ2n) is 5.67. The average Bonchev–Trinajstić information content (AvgIpc) is 2.38. The summed E-state index contributed by atoms with van der Waals surface area (Å²) in [4.78, 5) is 2.20. The van der Waals surface area contributed by atoms with Gasteiger partial charge in [0.15, 0.2) is 0 Å². The molecule has 1 fully saturated rings. The molecule has 1 atom stereocenters. The fourth-order valence-corrected chi connectivity index (χ4v) is 2.74. The van der Waals surface area contributed by atoms with Crippen LogP contribution in [0.5, 0.6) is 0 Å². The summed E-state index contributed by atoms with van der Waals surface area (Å²) in [6.07, 6.45) is -2.22. The van der Waals surface area contributed by atoms with Crippen LogP contribution in [0.1, 0.15) is 30.9 Å². The van der Waals surface area contributed by atoms with Crippen molar-refractivity contribution in [1.82, 2.24) is 4.90 Å². The Balaban J connectivity index is 1.95. The van der Waals surface area contributed by atoms with Crippen molar-refractivity contribution in [2.24, 2.45) is 11.7 Å². The highest BCUT2D eigenvalue weighted by Crippen LogP contribution is 2.30. The second-order valence-corrected chi connectivity index (χ2v) is 5.67. The second kappa shape index (κ2) is 6.14. The number of halogens is 3. The van der Waals surface area contributed by atoms with Gasteiger partial charge in [-0.05, 0) is 50.4 Å². The monoisotopic (exact) mass is 286 g/mol. The van der Waals surface area contributed by atoms with E-state index >= 15 is 0 Å². The summed E-state index contributed by atoms with van der Waals surface area (Å²) in [6, 6.07) is 5.80. The number of hydrogen-bond donors (Lipinski definition) is 1. The van der Waals surface area contributed by atoms with Crippen molar-refractivity contribution in [3.8, 4) is 0 Å². The van der Waals surface area contributed by atoms with Crippen molar-refractivity contribution < 1.29 is 13.2 Å². The molecule has 2 N–H and O–H groups in total. The first kappa shape index (κ1) is 15.3. The molecule has 112 valence electrons. The van der Waals surface area contributed by atoms with Gasteiger partial charge in [0.25, 0.3) is 0 Å². The molecule has 0 aromatic heterocycles. The molecule has 0 bridgehead atoms. The van der Waals surface area contributed by atoms with Crippen molar-refractivity contribution >= 4 is 0 Å². The topological polar surface area (TPSA) is 29.3 Å². The van der Waals surface area contributed by atoms with E-state index in [1.807, 2.05) is 6.92 Å². The number of piperidine rings is 1. The molecule has 1 aromatic rings. The molecule has 1 heterocycles. The Bertz CT molecular complexity index is 435. The Morgan fingerprint density at radius 2 is 1.95 bits per heavy atom. The molecule has 1 aliphatic heterocycles. The van der Waals surface area contributed by atoms with E-state index < -0.39 is 11.7 Å². The fraction of sp³-hybridized carbons (Fsp3) is 0.600. The molecular weight excluding hydrogens is 265 g/mol. The van der Waals surface area contributed by atoms with Gasteiger partial charge in [0.1, 0.15) is 0 Å². The van der Waals surface area contributed by atoms with Crippen LogP contribution in [0.2, 0.25) is 0 Å². The van der Waals surface area contributed by atoms with Gasteiger partial charge in [-0.15, -0.1) is 0 Å². The Labute approximate surface area is 117 Å². The molecule has 0 saturated carbocycles. The van der Waals surface area contributed by atoms with E-state index in [1.165, 1.54) is 12.1 Å². The van der Waals surface area contributed by atoms with Crippen LogP contribution in [-0.4, -0.2) is 24.0 Å². The predicted molar refractivity (Wildman–Crippen MR) is 73.1 cm³/mol. The first-order valence-corrected chi connectivity index (χ1v) is 7.00. The number of nitrogens with two attached hydrogens (primary N) is 1. The molecule has 5 heteroatoms. The molecule has 1 saturated heterocycles. The van der Waals surface area contributed by atoms with Gasteiger partial charge in [0.2, 0.25) is 0 Å². The van der Waals surface area contributed by atoms with Gasteiger partial charge >= 0.3 is 6.18 Å². The first-order valence-electron chi connectivity index (χ1n) is 7.00. The number of benzene rings is 1. The Morgan fingerprint density at radius 1 is 1.30 bits per heavy atom. The van der Waals surface area contributed by atoms with Crippen LogP contribution in [-0.2, 0) is 12.7 Å². The Hall–Kier alpha value is -1.07. The Kier molecular flexibility index (Phi) is 4.70. The number of hydrogen-bond acceptors (Lipinski definition) is 2. The summed E-state index contributed by atoms with van der Waals surface area (Å²) in [7, 11) is 0. The van der Waals surface area contributed by atoms with Crippen molar-refractivity contribution in [2.75, 3.05) is 13.1 Å². The van der Waals surface area contributed by atoms with Crippen LogP contribution in [0.4, 0.5) is 13.2 Å². The standard InChI is InChI=1S/C15H21F3N2/c1-11(19)13-5-7-20(8-6-13)10-12-3-2-4-14(9-12)15(16,17)18/h2-4,9,11,13H,5-8,10,19H2,1H3. The van der Waals surface area contributed by atoms with Gasteiger partial charge in [-0.3, -0.25) is 4.90 Å². The van der Waals surface area contributed by atoms with Crippen molar-refractivity contribution in [1.29, 1.82) is 0 Å². The summed E-state index contributed by atoms with van der Waals surface area (Å²) in [5, 5.41) is 0. The number of rotatable bonds is 3. The van der Waals surface area contributed by atoms with E-state index in [1.54, 1.807) is 6.07 Å². The molecule has 1 aliphatic rings. The minimum absolute atomic E-state index is 0.200. The SMILES string of the molecule is CC(N)C1CCN(Cc2cccc(C(F)(F)F)c2)CC1. The highest BCUT2D eigenvalue weighted by atomic mass is 19.4. The summed E-state index contributed by atoms with van der Waals surface area (Å²) in [5.74, 6) is 0.535. The fourth-order valence-electron chi connectivity index (χ4n) is 2.74. The summed E-state index contributed by atoms with van der Waals surface area (Å²) in [6.45, 7) is 4.41. The third-order valence-corrected chi connectivity index (χ3v) is 4.04. The number of nitrogens with zero attached hydrogens (tertiary/aromatic N) is 1. The molecule has 2 rings (SSSR count). The summed E-state index contributed by atoms with van der Waals surface area (Å²) in [5.41, 5.74) is 6.04. The normalized spacial score (nSPS) is 20.1. The van der Waals surface area contributed by atoms with Crippen LogP contribution < -0.4 is 5.73 Å². The lowest BCUT2D eigenvalue weighted by atomic mass is 9.91. The molecule has 0 aliphatic carbocycles. The minimum Gasteiger partial charge on any atom is -0.328 e. The van der Waals surface area contributed by atoms with Crippen LogP contribution in [0.25, 0.3) is 0 Å². The quantitative estimate of drug-likeness (QED) is 0.924. The van der Waals surface area contributed by atoms with Gasteiger partial charge in [0.05, 0.1) is 5.56 Å². The van der Waals surface area contributed by atoms with Gasteiger partial charge in [0, 0.05) is 12.6 Å². The van der Waals surface area contributed by atoms with E-state index in [-0.39, 0.29) is 6.04 Å². The zero-order chi connectivity index (χ0) is 14.8. The molecule has 0 amide bonds. The smallest absolute Gasteiger partial charge is 0.328 e. The Morgan fingerprint density at radius 3 is 2.50 bits per heavy atom. The predicted octanol–water partition coefficient (Wildman–Crippen LogP) is 3.26. The van der Waals surface area contributed by atoms with Crippen LogP contribution in [0.15, 0.2) is 24.3 Å². The van der Waals surface area contributed by atoms with E-state index in [0.29, 0.717) is 12.5 Å². The van der Waals surface area contributed by atoms with Crippen molar-refractivity contribution in [2.45, 2.75) is 38.5 Å². The lowest BCUT2D eigenvalue weighted by molar-refractivity contribution is -0.137. The van der Waals surface area contributed by atoms with Crippen molar-refractivity contribution in [3.63, 3.8) is 0 Å². The van der Waals surface area contributed by atoms with Crippen LogP contribution in [0, 0.1) is 5.92 Å². The molecule has 0 radical (unpaired) electrons. The highest BCUT2D eigenvalue weighted by Gasteiger charge is 2.30. The highest BCUT2D eigenvalue weighted by molar-refractivity contribution is 5.25. The van der Waals surface area contributed by atoms with E-state index in [0.717, 1.165) is 37.6 Å². The molecule has 20 heavy (non-hydrogen) atoms. The minimum atomic E-state index is -4.27. The number of likely N-dealkylation sites (tertiary alicyclic amines) is 1. The van der Waals surface area contributed by atoms with E-state index in [9.17, 15) is 13.2 Å². The molecule has 0 spiro atoms. The first-order chi connectivity index (χ1) is 9.36. The third kappa shape index (κ3) is 3.96. The van der Waals surface area contributed by atoms with Crippen LogP contribution >= 0.6 is 0 Å². The zero-order valence-electron chi connectivity index (χ0n) is 11.7. The summed E-state index contributed by atoms with van der Waals surface area (Å²) >= 11 is 0. The maximum absolute atomic E-state index is 12.7. The van der Waals surface area contributed by atoms with Crippen LogP contribution in [0.3, 0.4) is 0 Å². The van der Waals surface area contributed by atoms with E-state index in [2.05, 4.69) is 4.90 Å². The molecule has 2 nitrogen and oxygen atoms in total. The lowest BCUT2D eigenvalue weighted by Crippen LogP contribution is -2.39. The van der Waals surface area contributed by atoms with Crippen molar-refractivity contribution in [3.05, 3.63) is 35.4 Å². The average molecular weight is 286 g/mol. The molecular formula is C15H21F3N2. The number of alkyl halides is 3. The van der Waals surface area contributed by atoms with E-state index in [4.69, 9.17) is 5.73 Å². The largest absolute Gasteiger partial charge is 0.416 e. The van der Waals surface area contributed by atoms with Gasteiger partial charge in [-0.1, -0.05) is 18.2 Å². The summed E-state index contributed by atoms with van der Waals surface area (Å²) < 4.78 is 38.0. The third-order valence-electron chi connectivity index (χ3n) is 4.04. The van der Waals surface area contributed by atoms with Gasteiger partial charge in [-0.25, -0.2) is 0 Å². The molecule has 1 aromatic carbocycles. The maximum atomic E-state index is 12.7. The lowest BCUT2D eigenvalue weighted by Gasteiger charge is -2.33. The zero-order valence-corrected chi connectivity index (χ0v) is 11.7. The van der Waals surface area contributed by atoms with Gasteiger partial charge in [-0.2, -0.15) is 13.2 Å². The maximum Gasteiger partial charge on any atom is 0.416 e. The molecule has 1 unspecified atom stereocenters.